The molecule has 2 rings (SSSR count). The Morgan fingerprint density at radius 3 is 2.71 bits per heavy atom. The summed E-state index contributed by atoms with van der Waals surface area (Å²) < 4.78 is 25.9. The molecule has 1 fully saturated rings. The lowest BCUT2D eigenvalue weighted by Gasteiger charge is -2.37. The minimum atomic E-state index is -0.788. The van der Waals surface area contributed by atoms with E-state index in [1.54, 1.807) is 17.0 Å². The Bertz CT molecular complexity index is 335. The zero-order chi connectivity index (χ0) is 10.1. The first-order valence-corrected chi connectivity index (χ1v) is 4.59. The standard InChI is InChI=1S/C10H12F2N2/c11-7-5-14(6-7)10-3-1-2-9(12)8(10)4-13/h1-3,7H,4-6,13H2. The fourth-order valence-electron chi connectivity index (χ4n) is 1.67. The summed E-state index contributed by atoms with van der Waals surface area (Å²) in [5.74, 6) is -0.313. The number of anilines is 1. The summed E-state index contributed by atoms with van der Waals surface area (Å²) in [6.07, 6.45) is -0.788. The number of nitrogens with zero attached hydrogens (tertiary/aromatic N) is 1. The lowest BCUT2D eigenvalue weighted by Crippen LogP contribution is -2.49. The average molecular weight is 198 g/mol. The van der Waals surface area contributed by atoms with E-state index < -0.39 is 6.17 Å². The maximum Gasteiger partial charge on any atom is 0.135 e. The molecule has 0 aliphatic carbocycles. The first-order chi connectivity index (χ1) is 6.72. The second kappa shape index (κ2) is 3.53. The van der Waals surface area contributed by atoms with Crippen molar-refractivity contribution in [3.8, 4) is 0 Å². The van der Waals surface area contributed by atoms with Crippen LogP contribution in [-0.4, -0.2) is 19.3 Å². The van der Waals surface area contributed by atoms with Crippen LogP contribution in [0.1, 0.15) is 5.56 Å². The van der Waals surface area contributed by atoms with Crippen molar-refractivity contribution in [3.63, 3.8) is 0 Å². The predicted octanol–water partition coefficient (Wildman–Crippen LogP) is 1.44. The highest BCUT2D eigenvalue weighted by Gasteiger charge is 2.28. The molecule has 76 valence electrons. The molecule has 0 bridgehead atoms. The molecular formula is C10H12F2N2. The van der Waals surface area contributed by atoms with Crippen molar-refractivity contribution in [2.45, 2.75) is 12.7 Å². The molecule has 1 aromatic carbocycles. The third-order valence-corrected chi connectivity index (χ3v) is 2.48. The highest BCUT2D eigenvalue weighted by atomic mass is 19.1. The van der Waals surface area contributed by atoms with Gasteiger partial charge in [-0.2, -0.15) is 0 Å². The predicted molar refractivity (Wildman–Crippen MR) is 51.4 cm³/mol. The topological polar surface area (TPSA) is 29.3 Å². The normalized spacial score (nSPS) is 16.9. The molecule has 0 amide bonds. The maximum atomic E-state index is 13.3. The van der Waals surface area contributed by atoms with Gasteiger partial charge in [0.05, 0.1) is 13.1 Å². The minimum Gasteiger partial charge on any atom is -0.365 e. The van der Waals surface area contributed by atoms with Crippen molar-refractivity contribution >= 4 is 5.69 Å². The van der Waals surface area contributed by atoms with Gasteiger partial charge in [-0.25, -0.2) is 8.78 Å². The van der Waals surface area contributed by atoms with Crippen LogP contribution in [0.15, 0.2) is 18.2 Å². The number of halogens is 2. The quantitative estimate of drug-likeness (QED) is 0.779. The average Bonchev–Trinajstić information content (AvgIpc) is 2.13. The smallest absolute Gasteiger partial charge is 0.135 e. The van der Waals surface area contributed by atoms with Crippen LogP contribution < -0.4 is 10.6 Å². The third-order valence-electron chi connectivity index (χ3n) is 2.48. The van der Waals surface area contributed by atoms with E-state index in [0.29, 0.717) is 18.7 Å². The molecule has 1 aliphatic heterocycles. The number of hydrogen-bond donors (Lipinski definition) is 1. The number of alkyl halides is 1. The minimum absolute atomic E-state index is 0.148. The Morgan fingerprint density at radius 2 is 2.14 bits per heavy atom. The van der Waals surface area contributed by atoms with Crippen LogP contribution in [0.3, 0.4) is 0 Å². The van der Waals surface area contributed by atoms with Crippen LogP contribution in [0.2, 0.25) is 0 Å². The summed E-state index contributed by atoms with van der Waals surface area (Å²) in [5, 5.41) is 0. The van der Waals surface area contributed by atoms with Gasteiger partial charge in [0.2, 0.25) is 0 Å². The Morgan fingerprint density at radius 1 is 1.43 bits per heavy atom. The molecule has 4 heteroatoms. The van der Waals surface area contributed by atoms with Gasteiger partial charge in [-0.15, -0.1) is 0 Å². The van der Waals surface area contributed by atoms with Crippen molar-refractivity contribution in [2.24, 2.45) is 5.73 Å². The first-order valence-electron chi connectivity index (χ1n) is 4.59. The van der Waals surface area contributed by atoms with E-state index in [2.05, 4.69) is 0 Å². The number of nitrogens with two attached hydrogens (primary N) is 1. The van der Waals surface area contributed by atoms with Crippen LogP contribution in [0, 0.1) is 5.82 Å². The molecule has 0 atom stereocenters. The van der Waals surface area contributed by atoms with E-state index in [4.69, 9.17) is 5.73 Å². The van der Waals surface area contributed by atoms with Crippen molar-refractivity contribution in [2.75, 3.05) is 18.0 Å². The lowest BCUT2D eigenvalue weighted by atomic mass is 10.1. The summed E-state index contributed by atoms with van der Waals surface area (Å²) in [6, 6.07) is 4.77. The van der Waals surface area contributed by atoms with Gasteiger partial charge in [-0.1, -0.05) is 6.07 Å². The fraction of sp³-hybridized carbons (Fsp3) is 0.400. The second-order valence-electron chi connectivity index (χ2n) is 3.44. The largest absolute Gasteiger partial charge is 0.365 e. The molecule has 0 spiro atoms. The third kappa shape index (κ3) is 1.46. The highest BCUT2D eigenvalue weighted by molar-refractivity contribution is 5.56. The van der Waals surface area contributed by atoms with Crippen LogP contribution in [0.4, 0.5) is 14.5 Å². The summed E-state index contributed by atoms with van der Waals surface area (Å²) >= 11 is 0. The highest BCUT2D eigenvalue weighted by Crippen LogP contribution is 2.27. The molecule has 14 heavy (non-hydrogen) atoms. The Balaban J connectivity index is 2.28. The summed E-state index contributed by atoms with van der Waals surface area (Å²) in [6.45, 7) is 0.836. The molecule has 1 heterocycles. The van der Waals surface area contributed by atoms with Gasteiger partial charge in [0.25, 0.3) is 0 Å². The monoisotopic (exact) mass is 198 g/mol. The van der Waals surface area contributed by atoms with Gasteiger partial charge in [-0.05, 0) is 12.1 Å². The summed E-state index contributed by atoms with van der Waals surface area (Å²) in [7, 11) is 0. The summed E-state index contributed by atoms with van der Waals surface area (Å²) in [5.41, 5.74) is 6.64. The number of benzene rings is 1. The molecule has 0 radical (unpaired) electrons. The van der Waals surface area contributed by atoms with Gasteiger partial charge in [0.15, 0.2) is 0 Å². The number of rotatable bonds is 2. The van der Waals surface area contributed by atoms with Crippen molar-refractivity contribution < 1.29 is 8.78 Å². The Labute approximate surface area is 81.3 Å². The van der Waals surface area contributed by atoms with Crippen LogP contribution in [0.25, 0.3) is 0 Å². The molecule has 1 aliphatic rings. The van der Waals surface area contributed by atoms with E-state index in [1.807, 2.05) is 0 Å². The maximum absolute atomic E-state index is 13.3. The van der Waals surface area contributed by atoms with Crippen molar-refractivity contribution in [3.05, 3.63) is 29.6 Å². The van der Waals surface area contributed by atoms with Crippen molar-refractivity contribution in [1.82, 2.24) is 0 Å². The Hall–Kier alpha value is -1.16. The fourth-order valence-corrected chi connectivity index (χ4v) is 1.67. The van der Waals surface area contributed by atoms with Crippen molar-refractivity contribution in [1.29, 1.82) is 0 Å². The lowest BCUT2D eigenvalue weighted by molar-refractivity contribution is 0.274. The van der Waals surface area contributed by atoms with Gasteiger partial charge in [0.1, 0.15) is 12.0 Å². The molecule has 0 aromatic heterocycles. The van der Waals surface area contributed by atoms with Gasteiger partial charge in [-0.3, -0.25) is 0 Å². The SMILES string of the molecule is NCc1c(F)cccc1N1CC(F)C1. The van der Waals surface area contributed by atoms with Gasteiger partial charge in [0, 0.05) is 17.8 Å². The van der Waals surface area contributed by atoms with Crippen LogP contribution in [-0.2, 0) is 6.54 Å². The van der Waals surface area contributed by atoms with E-state index in [-0.39, 0.29) is 12.4 Å². The van der Waals surface area contributed by atoms with Gasteiger partial charge < -0.3 is 10.6 Å². The molecule has 2 N–H and O–H groups in total. The Kier molecular flexibility index (Phi) is 2.37. The molecule has 2 nitrogen and oxygen atoms in total. The van der Waals surface area contributed by atoms with Crippen LogP contribution in [0.5, 0.6) is 0 Å². The van der Waals surface area contributed by atoms with E-state index in [9.17, 15) is 8.78 Å². The molecule has 1 aromatic rings. The molecule has 0 saturated carbocycles. The summed E-state index contributed by atoms with van der Waals surface area (Å²) in [4.78, 5) is 1.80. The first kappa shape index (κ1) is 9.40. The molecular weight excluding hydrogens is 186 g/mol. The molecule has 0 unspecified atom stereocenters. The van der Waals surface area contributed by atoms with Crippen LogP contribution >= 0.6 is 0 Å². The van der Waals surface area contributed by atoms with Gasteiger partial charge >= 0.3 is 0 Å². The van der Waals surface area contributed by atoms with E-state index in [0.717, 1.165) is 5.69 Å². The molecule has 1 saturated heterocycles. The zero-order valence-electron chi connectivity index (χ0n) is 7.71. The van der Waals surface area contributed by atoms with E-state index >= 15 is 0 Å². The van der Waals surface area contributed by atoms with E-state index in [1.165, 1.54) is 6.07 Å². The zero-order valence-corrected chi connectivity index (χ0v) is 7.71. The number of hydrogen-bond acceptors (Lipinski definition) is 2. The second-order valence-corrected chi connectivity index (χ2v) is 3.44.